The zero-order valence-electron chi connectivity index (χ0n) is 22.1. The van der Waals surface area contributed by atoms with Gasteiger partial charge < -0.3 is 14.5 Å². The van der Waals surface area contributed by atoms with Gasteiger partial charge in [0.1, 0.15) is 11.2 Å². The first-order valence-electron chi connectivity index (χ1n) is 12.1. The largest absolute Gasteiger partial charge is 0.512 e. The van der Waals surface area contributed by atoms with E-state index in [2.05, 4.69) is 57.8 Å². The molecule has 1 aliphatic rings. The molecule has 0 saturated carbocycles. The molecule has 2 heterocycles. The van der Waals surface area contributed by atoms with Gasteiger partial charge in [0, 0.05) is 48.8 Å². The van der Waals surface area contributed by atoms with Crippen molar-refractivity contribution < 1.29 is 34.4 Å². The average Bonchev–Trinajstić information content (AvgIpc) is 3.17. The van der Waals surface area contributed by atoms with E-state index in [0.717, 1.165) is 22.4 Å². The number of pyridine rings is 1. The van der Waals surface area contributed by atoms with Crippen LogP contribution in [-0.4, -0.2) is 15.9 Å². The van der Waals surface area contributed by atoms with Gasteiger partial charge in [-0.2, -0.15) is 0 Å². The molecule has 0 saturated heterocycles. The smallest absolute Gasteiger partial charge is 0.155 e. The minimum Gasteiger partial charge on any atom is -0.512 e. The van der Waals surface area contributed by atoms with Crippen LogP contribution in [0, 0.1) is 13.0 Å². The fraction of sp³-hybridized carbons (Fsp3) is 0.355. The monoisotopic (exact) mass is 661 g/mol. The molecule has 5 rings (SSSR count). The zero-order chi connectivity index (χ0) is 25.5. The summed E-state index contributed by atoms with van der Waals surface area (Å²) in [7, 11) is 0. The van der Waals surface area contributed by atoms with Gasteiger partial charge in [0.2, 0.25) is 0 Å². The Morgan fingerprint density at radius 3 is 2.36 bits per heavy atom. The normalized spacial score (nSPS) is 16.0. The van der Waals surface area contributed by atoms with Gasteiger partial charge in [0.15, 0.2) is 5.78 Å². The molecule has 1 aliphatic carbocycles. The van der Waals surface area contributed by atoms with Crippen molar-refractivity contribution in [2.75, 3.05) is 0 Å². The Bertz CT molecular complexity index is 1440. The number of furan rings is 1. The van der Waals surface area contributed by atoms with E-state index in [4.69, 9.17) is 9.52 Å². The van der Waals surface area contributed by atoms with E-state index in [1.54, 1.807) is 0 Å². The summed E-state index contributed by atoms with van der Waals surface area (Å²) in [4.78, 5) is 14.7. The summed E-state index contributed by atoms with van der Waals surface area (Å²) in [5.74, 6) is -0.0625. The van der Waals surface area contributed by atoms with Gasteiger partial charge >= 0.3 is 0 Å². The van der Waals surface area contributed by atoms with Crippen molar-refractivity contribution in [3.05, 3.63) is 77.2 Å². The zero-order valence-corrected chi connectivity index (χ0v) is 24.5. The number of aliphatic hydroxyl groups excluding tert-OH is 1. The molecular weight excluding hydrogens is 627 g/mol. The third kappa shape index (κ3) is 5.19. The first-order valence-corrected chi connectivity index (χ1v) is 12.1. The standard InChI is InChI=1S/C26H26NO.C5H8O2.Ir/c1-16-15-19-21(26(4,5)13-12-25(19,2)3)20-18-11-14-27-22(24(18)28-23(16)20)17-9-7-6-8-10-17;1-4(6)3-5(2)7;/h6-9,11,14-15H,12-13H2,1-5H3;3,6H,1-2H3;/q-1;;/b;4-3-;. The number of carbonyl (C=O) groups is 1. The molecule has 0 aliphatic heterocycles. The van der Waals surface area contributed by atoms with Crippen LogP contribution in [0.1, 0.15) is 71.1 Å². The molecular formula is C31H34IrNO3-. The first kappa shape index (κ1) is 27.8. The first-order chi connectivity index (χ1) is 16.4. The van der Waals surface area contributed by atoms with Crippen LogP contribution in [0.25, 0.3) is 33.2 Å². The molecule has 0 spiro atoms. The summed E-state index contributed by atoms with van der Waals surface area (Å²) in [6.45, 7) is 14.5. The second-order valence-corrected chi connectivity index (χ2v) is 10.9. The maximum atomic E-state index is 10.0. The number of ketones is 1. The fourth-order valence-corrected chi connectivity index (χ4v) is 5.19. The van der Waals surface area contributed by atoms with E-state index in [0.29, 0.717) is 0 Å². The molecule has 0 fully saturated rings. The molecule has 1 radical (unpaired) electrons. The van der Waals surface area contributed by atoms with Crippen LogP contribution in [0.2, 0.25) is 0 Å². The SMILES string of the molecule is CC(=O)/C=C(/C)O.Cc1cc2c(c3c1oc1c(-c4[c-]cccc4)nccc13)C(C)(C)CCC2(C)C.[Ir]. The summed E-state index contributed by atoms with van der Waals surface area (Å²) < 4.78 is 6.51. The van der Waals surface area contributed by atoms with E-state index in [-0.39, 0.29) is 42.5 Å². The number of hydrogen-bond donors (Lipinski definition) is 1. The summed E-state index contributed by atoms with van der Waals surface area (Å²) in [5.41, 5.74) is 8.15. The van der Waals surface area contributed by atoms with Gasteiger partial charge in [-0.1, -0.05) is 33.8 Å². The topological polar surface area (TPSA) is 63.3 Å². The van der Waals surface area contributed by atoms with Gasteiger partial charge in [0.05, 0.1) is 5.76 Å². The minimum atomic E-state index is -0.125. The molecule has 2 aromatic heterocycles. The molecule has 0 atom stereocenters. The van der Waals surface area contributed by atoms with E-state index in [1.165, 1.54) is 60.2 Å². The van der Waals surface area contributed by atoms with Gasteiger partial charge in [-0.05, 0) is 67.2 Å². The molecule has 36 heavy (non-hydrogen) atoms. The van der Waals surface area contributed by atoms with Crippen molar-refractivity contribution in [1.82, 2.24) is 4.98 Å². The number of carbonyl (C=O) groups excluding carboxylic acids is 1. The van der Waals surface area contributed by atoms with E-state index >= 15 is 0 Å². The molecule has 0 unspecified atom stereocenters. The van der Waals surface area contributed by atoms with Gasteiger partial charge in [-0.3, -0.25) is 4.79 Å². The van der Waals surface area contributed by atoms with E-state index in [9.17, 15) is 4.79 Å². The second-order valence-electron chi connectivity index (χ2n) is 10.9. The van der Waals surface area contributed by atoms with Gasteiger partial charge in [0.25, 0.3) is 0 Å². The summed E-state index contributed by atoms with van der Waals surface area (Å²) in [6, 6.07) is 15.8. The Balaban J connectivity index is 0.000000400. The van der Waals surface area contributed by atoms with E-state index in [1.807, 2.05) is 30.5 Å². The van der Waals surface area contributed by atoms with Crippen LogP contribution in [-0.2, 0) is 35.7 Å². The molecule has 4 aromatic rings. The summed E-state index contributed by atoms with van der Waals surface area (Å²) >= 11 is 0. The van der Waals surface area contributed by atoms with Gasteiger partial charge in [-0.15, -0.1) is 35.9 Å². The molecule has 1 N–H and O–H groups in total. The van der Waals surface area contributed by atoms with Crippen molar-refractivity contribution in [1.29, 1.82) is 0 Å². The van der Waals surface area contributed by atoms with Crippen LogP contribution in [0.5, 0.6) is 0 Å². The number of allylic oxidation sites excluding steroid dienone is 2. The molecule has 0 bridgehead atoms. The maximum Gasteiger partial charge on any atom is 0.155 e. The number of nitrogens with zero attached hydrogens (tertiary/aromatic N) is 1. The van der Waals surface area contributed by atoms with Crippen molar-refractivity contribution >= 4 is 27.7 Å². The maximum absolute atomic E-state index is 10.0. The number of benzene rings is 2. The molecule has 0 amide bonds. The number of rotatable bonds is 2. The molecule has 5 heteroatoms. The molecule has 2 aromatic carbocycles. The quantitative estimate of drug-likeness (QED) is 0.134. The molecule has 4 nitrogen and oxygen atoms in total. The van der Waals surface area contributed by atoms with Crippen LogP contribution < -0.4 is 0 Å². The third-order valence-corrected chi connectivity index (χ3v) is 7.00. The Labute approximate surface area is 227 Å². The second kappa shape index (κ2) is 10.3. The van der Waals surface area contributed by atoms with Crippen molar-refractivity contribution in [3.63, 3.8) is 0 Å². The average molecular weight is 661 g/mol. The predicted molar refractivity (Wildman–Crippen MR) is 143 cm³/mol. The number of aryl methyl sites for hydroxylation is 1. The van der Waals surface area contributed by atoms with Crippen LogP contribution >= 0.6 is 0 Å². The number of aliphatic hydroxyl groups is 1. The summed E-state index contributed by atoms with van der Waals surface area (Å²) in [6.07, 6.45) is 5.46. The Morgan fingerprint density at radius 1 is 1.08 bits per heavy atom. The predicted octanol–water partition coefficient (Wildman–Crippen LogP) is 8.14. The van der Waals surface area contributed by atoms with E-state index < -0.39 is 0 Å². The van der Waals surface area contributed by atoms with Crippen LogP contribution in [0.4, 0.5) is 0 Å². The Kier molecular flexibility index (Phi) is 7.98. The number of fused-ring (bicyclic) bond motifs is 5. The van der Waals surface area contributed by atoms with Crippen molar-refractivity contribution in [3.8, 4) is 11.3 Å². The number of aromatic nitrogens is 1. The van der Waals surface area contributed by atoms with Crippen molar-refractivity contribution in [2.45, 2.75) is 72.1 Å². The van der Waals surface area contributed by atoms with Crippen LogP contribution in [0.15, 0.2) is 58.8 Å². The third-order valence-electron chi connectivity index (χ3n) is 7.00. The number of hydrogen-bond acceptors (Lipinski definition) is 4. The Hall–Kier alpha value is -2.75. The minimum absolute atomic E-state index is 0. The summed E-state index contributed by atoms with van der Waals surface area (Å²) in [5, 5.41) is 10.8. The fourth-order valence-electron chi connectivity index (χ4n) is 5.19. The Morgan fingerprint density at radius 2 is 1.78 bits per heavy atom. The van der Waals surface area contributed by atoms with Gasteiger partial charge in [-0.25, -0.2) is 0 Å². The molecule has 191 valence electrons. The van der Waals surface area contributed by atoms with Crippen LogP contribution in [0.3, 0.4) is 0 Å². The van der Waals surface area contributed by atoms with Crippen molar-refractivity contribution in [2.24, 2.45) is 0 Å².